The summed E-state index contributed by atoms with van der Waals surface area (Å²) < 4.78 is 0. The zero-order valence-corrected chi connectivity index (χ0v) is 6.36. The number of aliphatic imine (C=N–C) groups is 3. The van der Waals surface area contributed by atoms with E-state index in [1.54, 1.807) is 18.5 Å². The maximum Gasteiger partial charge on any atom is 0.153 e. The normalized spacial score (nSPS) is 15.7. The molecule has 0 amide bonds. The minimum Gasteiger partial charge on any atom is -0.262 e. The van der Waals surface area contributed by atoms with Crippen LogP contribution in [0.15, 0.2) is 39.7 Å². The molecule has 1 aliphatic heterocycles. The van der Waals surface area contributed by atoms with Crippen molar-refractivity contribution in [2.24, 2.45) is 15.0 Å². The largest absolute Gasteiger partial charge is 0.262 e. The molecule has 3 heteroatoms. The summed E-state index contributed by atoms with van der Waals surface area (Å²) in [5, 5.41) is 0. The molecule has 0 fully saturated rings. The SMILES string of the molecule is C=C/N=C(/C)C=C1N=CC=N1. The lowest BCUT2D eigenvalue weighted by Gasteiger charge is -1.88. The molecule has 0 bridgehead atoms. The summed E-state index contributed by atoms with van der Waals surface area (Å²) in [6.45, 7) is 5.35. The van der Waals surface area contributed by atoms with Crippen LogP contribution in [0.5, 0.6) is 0 Å². The highest BCUT2D eigenvalue weighted by Crippen LogP contribution is 2.01. The quantitative estimate of drug-likeness (QED) is 0.532. The Bertz CT molecular complexity index is 255. The fourth-order valence-electron chi connectivity index (χ4n) is 0.695. The lowest BCUT2D eigenvalue weighted by molar-refractivity contribution is 1.29. The molecule has 0 unspecified atom stereocenters. The van der Waals surface area contributed by atoms with E-state index in [-0.39, 0.29) is 0 Å². The van der Waals surface area contributed by atoms with Crippen LogP contribution in [0.25, 0.3) is 0 Å². The van der Waals surface area contributed by atoms with Gasteiger partial charge in [-0.2, -0.15) is 0 Å². The fourth-order valence-corrected chi connectivity index (χ4v) is 0.695. The van der Waals surface area contributed by atoms with Crippen molar-refractivity contribution in [2.45, 2.75) is 6.92 Å². The Balaban J connectivity index is 2.72. The molecule has 3 nitrogen and oxygen atoms in total. The highest BCUT2D eigenvalue weighted by Gasteiger charge is 1.93. The van der Waals surface area contributed by atoms with Crippen molar-refractivity contribution in [2.75, 3.05) is 0 Å². The molecule has 0 aromatic heterocycles. The van der Waals surface area contributed by atoms with Crippen molar-refractivity contribution in [1.29, 1.82) is 0 Å². The van der Waals surface area contributed by atoms with Gasteiger partial charge in [-0.1, -0.05) is 6.58 Å². The van der Waals surface area contributed by atoms with Gasteiger partial charge in [0.15, 0.2) is 5.82 Å². The summed E-state index contributed by atoms with van der Waals surface area (Å²) >= 11 is 0. The molecular weight excluding hydrogens is 138 g/mol. The van der Waals surface area contributed by atoms with Gasteiger partial charge in [-0.25, -0.2) is 9.98 Å². The predicted octanol–water partition coefficient (Wildman–Crippen LogP) is 1.59. The van der Waals surface area contributed by atoms with Crippen LogP contribution in [-0.4, -0.2) is 18.1 Å². The van der Waals surface area contributed by atoms with Crippen molar-refractivity contribution < 1.29 is 0 Å². The highest BCUT2D eigenvalue weighted by molar-refractivity contribution is 6.18. The second-order valence-electron chi connectivity index (χ2n) is 2.01. The van der Waals surface area contributed by atoms with Gasteiger partial charge in [0, 0.05) is 30.4 Å². The van der Waals surface area contributed by atoms with E-state index in [4.69, 9.17) is 0 Å². The third-order valence-electron chi connectivity index (χ3n) is 1.11. The van der Waals surface area contributed by atoms with E-state index in [1.165, 1.54) is 6.20 Å². The first kappa shape index (κ1) is 7.60. The van der Waals surface area contributed by atoms with Crippen LogP contribution >= 0.6 is 0 Å². The molecule has 56 valence electrons. The third-order valence-corrected chi connectivity index (χ3v) is 1.11. The van der Waals surface area contributed by atoms with E-state index in [9.17, 15) is 0 Å². The van der Waals surface area contributed by atoms with Crippen molar-refractivity contribution in [3.8, 4) is 0 Å². The van der Waals surface area contributed by atoms with Gasteiger partial charge in [0.25, 0.3) is 0 Å². The number of rotatable bonds is 2. The van der Waals surface area contributed by atoms with Gasteiger partial charge in [-0.15, -0.1) is 0 Å². The first-order valence-corrected chi connectivity index (χ1v) is 3.26. The fraction of sp³-hybridized carbons (Fsp3) is 0.125. The van der Waals surface area contributed by atoms with E-state index in [1.807, 2.05) is 6.92 Å². The number of hydrogen-bond donors (Lipinski definition) is 0. The zero-order chi connectivity index (χ0) is 8.10. The van der Waals surface area contributed by atoms with E-state index < -0.39 is 0 Å². The summed E-state index contributed by atoms with van der Waals surface area (Å²) in [7, 11) is 0. The second-order valence-corrected chi connectivity index (χ2v) is 2.01. The van der Waals surface area contributed by atoms with Crippen LogP contribution in [0.2, 0.25) is 0 Å². The van der Waals surface area contributed by atoms with Crippen LogP contribution in [0.3, 0.4) is 0 Å². The van der Waals surface area contributed by atoms with Gasteiger partial charge in [0.1, 0.15) is 0 Å². The van der Waals surface area contributed by atoms with Gasteiger partial charge in [0.2, 0.25) is 0 Å². The summed E-state index contributed by atoms with van der Waals surface area (Å²) in [5.41, 5.74) is 0.853. The Labute approximate surface area is 65.6 Å². The Hall–Kier alpha value is -1.51. The van der Waals surface area contributed by atoms with E-state index in [0.29, 0.717) is 5.82 Å². The highest BCUT2D eigenvalue weighted by atomic mass is 15.0. The summed E-state index contributed by atoms with van der Waals surface area (Å²) in [6, 6.07) is 0. The Morgan fingerprint density at radius 3 is 2.73 bits per heavy atom. The molecule has 0 aliphatic carbocycles. The van der Waals surface area contributed by atoms with Crippen molar-refractivity contribution in [3.05, 3.63) is 24.7 Å². The van der Waals surface area contributed by atoms with Crippen molar-refractivity contribution >= 4 is 18.1 Å². The molecule has 0 radical (unpaired) electrons. The number of hydrogen-bond acceptors (Lipinski definition) is 3. The molecule has 1 aliphatic rings. The molecule has 1 rings (SSSR count). The molecule has 0 aromatic carbocycles. The maximum atomic E-state index is 3.96. The monoisotopic (exact) mass is 147 g/mol. The van der Waals surface area contributed by atoms with Crippen LogP contribution in [0, 0.1) is 0 Å². The summed E-state index contributed by atoms with van der Waals surface area (Å²) in [6.07, 6.45) is 6.58. The Morgan fingerprint density at radius 2 is 2.18 bits per heavy atom. The lowest BCUT2D eigenvalue weighted by atomic mass is 10.4. The van der Waals surface area contributed by atoms with Gasteiger partial charge in [-0.05, 0) is 6.92 Å². The summed E-state index contributed by atoms with van der Waals surface area (Å²) in [5.74, 6) is 0.688. The minimum atomic E-state index is 0.688. The molecule has 0 aromatic rings. The molecule has 11 heavy (non-hydrogen) atoms. The molecule has 0 saturated heterocycles. The minimum absolute atomic E-state index is 0.688. The predicted molar refractivity (Wildman–Crippen MR) is 48.4 cm³/mol. The zero-order valence-electron chi connectivity index (χ0n) is 6.36. The maximum absolute atomic E-state index is 3.96. The molecule has 0 spiro atoms. The molecule has 1 heterocycles. The second kappa shape index (κ2) is 3.61. The topological polar surface area (TPSA) is 37.1 Å². The van der Waals surface area contributed by atoms with E-state index in [2.05, 4.69) is 21.6 Å². The van der Waals surface area contributed by atoms with Crippen molar-refractivity contribution in [1.82, 2.24) is 0 Å². The van der Waals surface area contributed by atoms with Gasteiger partial charge >= 0.3 is 0 Å². The average molecular weight is 147 g/mol. The molecule has 0 N–H and O–H groups in total. The molecule has 0 atom stereocenters. The lowest BCUT2D eigenvalue weighted by Crippen LogP contribution is -1.83. The number of nitrogens with zero attached hydrogens (tertiary/aromatic N) is 3. The average Bonchev–Trinajstić information content (AvgIpc) is 2.40. The molecular formula is C8H9N3. The van der Waals surface area contributed by atoms with Crippen LogP contribution < -0.4 is 0 Å². The van der Waals surface area contributed by atoms with Gasteiger partial charge in [-0.3, -0.25) is 4.99 Å². The Kier molecular flexibility index (Phi) is 2.49. The Morgan fingerprint density at radius 1 is 1.55 bits per heavy atom. The molecule has 0 saturated carbocycles. The van der Waals surface area contributed by atoms with Crippen LogP contribution in [0.4, 0.5) is 0 Å². The van der Waals surface area contributed by atoms with Gasteiger partial charge in [0.05, 0.1) is 0 Å². The number of allylic oxidation sites excluding steroid dienone is 1. The standard InChI is InChI=1S/C8H9N3/c1-3-9-7(2)6-8-10-4-5-11-8/h3-6H,1H2,2H3/b9-7-. The van der Waals surface area contributed by atoms with Crippen molar-refractivity contribution in [3.63, 3.8) is 0 Å². The smallest absolute Gasteiger partial charge is 0.153 e. The van der Waals surface area contributed by atoms with Crippen LogP contribution in [0.1, 0.15) is 6.92 Å². The van der Waals surface area contributed by atoms with E-state index in [0.717, 1.165) is 5.71 Å². The first-order valence-electron chi connectivity index (χ1n) is 3.26. The van der Waals surface area contributed by atoms with E-state index >= 15 is 0 Å². The third kappa shape index (κ3) is 2.29. The van der Waals surface area contributed by atoms with Gasteiger partial charge < -0.3 is 0 Å². The summed E-state index contributed by atoms with van der Waals surface area (Å²) in [4.78, 5) is 11.9. The van der Waals surface area contributed by atoms with Crippen LogP contribution in [-0.2, 0) is 0 Å². The first-order chi connectivity index (χ1) is 5.33.